The minimum absolute atomic E-state index is 1.08. The predicted molar refractivity (Wildman–Crippen MR) is 80.6 cm³/mol. The third kappa shape index (κ3) is 2.89. The van der Waals surface area contributed by atoms with Crippen LogP contribution in [0.3, 0.4) is 0 Å². The van der Waals surface area contributed by atoms with Crippen LogP contribution in [0.1, 0.15) is 31.4 Å². The second-order valence-electron chi connectivity index (χ2n) is 4.74. The first-order valence-corrected chi connectivity index (χ1v) is 6.55. The smallest absolute Gasteiger partial charge is 0.0178 e. The van der Waals surface area contributed by atoms with Crippen LogP contribution < -0.4 is 0 Å². The lowest BCUT2D eigenvalue weighted by Gasteiger charge is -2.06. The molecule has 0 nitrogen and oxygen atoms in total. The minimum atomic E-state index is 1.08. The van der Waals surface area contributed by atoms with E-state index in [1.165, 1.54) is 27.8 Å². The van der Waals surface area contributed by atoms with Crippen molar-refractivity contribution < 1.29 is 0 Å². The molecule has 0 fully saturated rings. The fourth-order valence-corrected chi connectivity index (χ4v) is 2.11. The fraction of sp³-hybridized carbons (Fsp3) is 0.222. The number of aryl methyl sites for hydroxylation is 1. The molecule has 2 aromatic carbocycles. The van der Waals surface area contributed by atoms with Gasteiger partial charge >= 0.3 is 0 Å². The van der Waals surface area contributed by atoms with Gasteiger partial charge in [-0.15, -0.1) is 0 Å². The maximum absolute atomic E-state index is 2.27. The predicted octanol–water partition coefficient (Wildman–Crippen LogP) is 5.48. The van der Waals surface area contributed by atoms with E-state index < -0.39 is 0 Å². The van der Waals surface area contributed by atoms with Gasteiger partial charge in [-0.25, -0.2) is 0 Å². The molecule has 0 radical (unpaired) electrons. The van der Waals surface area contributed by atoms with Gasteiger partial charge in [0.25, 0.3) is 0 Å². The number of benzene rings is 2. The molecule has 0 spiro atoms. The van der Waals surface area contributed by atoms with Crippen LogP contribution in [0.2, 0.25) is 0 Å². The molecule has 92 valence electrons. The Morgan fingerprint density at radius 3 is 2.39 bits per heavy atom. The molecule has 0 heterocycles. The van der Waals surface area contributed by atoms with Crippen LogP contribution in [-0.2, 0) is 0 Å². The Bertz CT molecular complexity index is 545. The quantitative estimate of drug-likeness (QED) is 0.662. The maximum atomic E-state index is 2.27. The van der Waals surface area contributed by atoms with Crippen molar-refractivity contribution in [2.45, 2.75) is 27.2 Å². The van der Waals surface area contributed by atoms with Crippen LogP contribution in [0, 0.1) is 6.92 Å². The Labute approximate surface area is 110 Å². The van der Waals surface area contributed by atoms with Gasteiger partial charge in [0.2, 0.25) is 0 Å². The van der Waals surface area contributed by atoms with Gasteiger partial charge in [0.05, 0.1) is 0 Å². The standard InChI is InChI=1S/C18H20/c1-4-6-15(3)17-7-5-8-18(13-17)16-11-9-14(2)10-12-16/h5-13H,4H2,1-3H3. The van der Waals surface area contributed by atoms with Gasteiger partial charge in [-0.2, -0.15) is 0 Å². The Balaban J connectivity index is 2.38. The molecule has 0 bridgehead atoms. The van der Waals surface area contributed by atoms with Gasteiger partial charge in [0, 0.05) is 0 Å². The van der Waals surface area contributed by atoms with Gasteiger partial charge in [-0.3, -0.25) is 0 Å². The highest BCUT2D eigenvalue weighted by molar-refractivity contribution is 5.71. The molecule has 0 aliphatic carbocycles. The van der Waals surface area contributed by atoms with E-state index in [-0.39, 0.29) is 0 Å². The molecule has 0 unspecified atom stereocenters. The summed E-state index contributed by atoms with van der Waals surface area (Å²) in [4.78, 5) is 0. The molecule has 0 aromatic heterocycles. The molecule has 0 heteroatoms. The first-order chi connectivity index (χ1) is 8.70. The second-order valence-corrected chi connectivity index (χ2v) is 4.74. The molecule has 2 rings (SSSR count). The van der Waals surface area contributed by atoms with Crippen molar-refractivity contribution in [2.75, 3.05) is 0 Å². The third-order valence-corrected chi connectivity index (χ3v) is 3.21. The maximum Gasteiger partial charge on any atom is -0.0178 e. The fourth-order valence-electron chi connectivity index (χ4n) is 2.11. The summed E-state index contributed by atoms with van der Waals surface area (Å²) < 4.78 is 0. The monoisotopic (exact) mass is 236 g/mol. The van der Waals surface area contributed by atoms with E-state index in [1.807, 2.05) is 0 Å². The van der Waals surface area contributed by atoms with E-state index >= 15 is 0 Å². The lowest BCUT2D eigenvalue weighted by Crippen LogP contribution is -1.83. The first kappa shape index (κ1) is 12.6. The molecule has 2 aromatic rings. The summed E-state index contributed by atoms with van der Waals surface area (Å²) in [6.07, 6.45) is 3.36. The van der Waals surface area contributed by atoms with Crippen molar-refractivity contribution in [1.29, 1.82) is 0 Å². The van der Waals surface area contributed by atoms with Crippen molar-refractivity contribution in [2.24, 2.45) is 0 Å². The van der Waals surface area contributed by atoms with Gasteiger partial charge < -0.3 is 0 Å². The summed E-state index contributed by atoms with van der Waals surface area (Å²) in [6.45, 7) is 6.47. The molecule has 0 atom stereocenters. The van der Waals surface area contributed by atoms with Crippen LogP contribution in [0.15, 0.2) is 54.6 Å². The van der Waals surface area contributed by atoms with Gasteiger partial charge in [-0.05, 0) is 48.6 Å². The number of allylic oxidation sites excluding steroid dienone is 2. The van der Waals surface area contributed by atoms with E-state index in [1.54, 1.807) is 0 Å². The minimum Gasteiger partial charge on any atom is -0.0813 e. The summed E-state index contributed by atoms with van der Waals surface area (Å²) in [5.41, 5.74) is 6.54. The Hall–Kier alpha value is -1.82. The number of hydrogen-bond acceptors (Lipinski definition) is 0. The average Bonchev–Trinajstić information content (AvgIpc) is 2.40. The van der Waals surface area contributed by atoms with E-state index in [0.29, 0.717) is 0 Å². The first-order valence-electron chi connectivity index (χ1n) is 6.55. The Kier molecular flexibility index (Phi) is 3.99. The van der Waals surface area contributed by atoms with Crippen molar-refractivity contribution in [3.63, 3.8) is 0 Å². The van der Waals surface area contributed by atoms with E-state index in [4.69, 9.17) is 0 Å². The molecule has 0 aliphatic rings. The average molecular weight is 236 g/mol. The van der Waals surface area contributed by atoms with Crippen molar-refractivity contribution in [3.8, 4) is 11.1 Å². The van der Waals surface area contributed by atoms with Gasteiger partial charge in [0.15, 0.2) is 0 Å². The zero-order valence-corrected chi connectivity index (χ0v) is 11.4. The second kappa shape index (κ2) is 5.68. The zero-order valence-electron chi connectivity index (χ0n) is 11.4. The summed E-state index contributed by atoms with van der Waals surface area (Å²) in [7, 11) is 0. The Morgan fingerprint density at radius 1 is 1.00 bits per heavy atom. The molecular formula is C18H20. The van der Waals surface area contributed by atoms with Gasteiger partial charge in [0.1, 0.15) is 0 Å². The van der Waals surface area contributed by atoms with Crippen LogP contribution in [-0.4, -0.2) is 0 Å². The molecular weight excluding hydrogens is 216 g/mol. The Morgan fingerprint density at radius 2 is 1.72 bits per heavy atom. The van der Waals surface area contributed by atoms with Crippen LogP contribution in [0.5, 0.6) is 0 Å². The molecule has 0 amide bonds. The highest BCUT2D eigenvalue weighted by atomic mass is 14.0. The van der Waals surface area contributed by atoms with Crippen LogP contribution in [0.4, 0.5) is 0 Å². The van der Waals surface area contributed by atoms with Crippen molar-refractivity contribution in [3.05, 3.63) is 65.7 Å². The van der Waals surface area contributed by atoms with Gasteiger partial charge in [-0.1, -0.05) is 61.0 Å². The number of rotatable bonds is 3. The topological polar surface area (TPSA) is 0 Å². The van der Waals surface area contributed by atoms with E-state index in [0.717, 1.165) is 6.42 Å². The molecule has 0 saturated carbocycles. The van der Waals surface area contributed by atoms with E-state index in [2.05, 4.69) is 75.4 Å². The lowest BCUT2D eigenvalue weighted by molar-refractivity contribution is 1.22. The molecule has 18 heavy (non-hydrogen) atoms. The molecule has 0 N–H and O–H groups in total. The zero-order chi connectivity index (χ0) is 13.0. The lowest BCUT2D eigenvalue weighted by atomic mass is 9.99. The van der Waals surface area contributed by atoms with Crippen LogP contribution in [0.25, 0.3) is 16.7 Å². The summed E-state index contributed by atoms with van der Waals surface area (Å²) in [5, 5.41) is 0. The number of hydrogen-bond donors (Lipinski definition) is 0. The SMILES string of the molecule is CCC=C(C)c1cccc(-c2ccc(C)cc2)c1. The summed E-state index contributed by atoms with van der Waals surface area (Å²) in [5.74, 6) is 0. The third-order valence-electron chi connectivity index (χ3n) is 3.21. The highest BCUT2D eigenvalue weighted by Gasteiger charge is 2.00. The normalized spacial score (nSPS) is 11.6. The summed E-state index contributed by atoms with van der Waals surface area (Å²) in [6, 6.07) is 17.5. The largest absolute Gasteiger partial charge is 0.0813 e. The van der Waals surface area contributed by atoms with E-state index in [9.17, 15) is 0 Å². The highest BCUT2D eigenvalue weighted by Crippen LogP contribution is 2.24. The van der Waals surface area contributed by atoms with Crippen molar-refractivity contribution in [1.82, 2.24) is 0 Å². The molecule has 0 saturated heterocycles. The van der Waals surface area contributed by atoms with Crippen LogP contribution >= 0.6 is 0 Å². The van der Waals surface area contributed by atoms with Crippen molar-refractivity contribution >= 4 is 5.57 Å². The molecule has 0 aliphatic heterocycles. The summed E-state index contributed by atoms with van der Waals surface area (Å²) >= 11 is 0.